The highest BCUT2D eigenvalue weighted by Crippen LogP contribution is 2.28. The van der Waals surface area contributed by atoms with Gasteiger partial charge in [0.15, 0.2) is 0 Å². The normalized spacial score (nSPS) is 11.6. The van der Waals surface area contributed by atoms with Crippen LogP contribution in [0.3, 0.4) is 0 Å². The second kappa shape index (κ2) is 6.26. The van der Waals surface area contributed by atoms with Gasteiger partial charge in [0.1, 0.15) is 4.90 Å². The molecule has 20 heavy (non-hydrogen) atoms. The number of hydrogen-bond donors (Lipinski definition) is 2. The third-order valence-electron chi connectivity index (χ3n) is 2.81. The van der Waals surface area contributed by atoms with Gasteiger partial charge in [-0.2, -0.15) is 0 Å². The van der Waals surface area contributed by atoms with E-state index in [9.17, 15) is 8.42 Å². The summed E-state index contributed by atoms with van der Waals surface area (Å²) in [5, 5.41) is 3.18. The molecule has 2 rings (SSSR count). The average Bonchev–Trinajstić information content (AvgIpc) is 2.76. The number of aryl methyl sites for hydroxylation is 1. The Bertz CT molecular complexity index is 691. The van der Waals surface area contributed by atoms with Crippen molar-refractivity contribution < 1.29 is 8.42 Å². The summed E-state index contributed by atoms with van der Waals surface area (Å²) >= 11 is 5.15. The molecule has 0 saturated carbocycles. The molecule has 0 saturated heterocycles. The Morgan fingerprint density at radius 1 is 1.30 bits per heavy atom. The predicted molar refractivity (Wildman–Crippen MR) is 86.8 cm³/mol. The van der Waals surface area contributed by atoms with Gasteiger partial charge in [0.05, 0.1) is 5.69 Å². The number of benzene rings is 1. The second-order valence-corrected chi connectivity index (χ2v) is 8.22. The molecule has 1 aromatic carbocycles. The Morgan fingerprint density at radius 2 is 2.00 bits per heavy atom. The monoisotopic (exact) mass is 374 g/mol. The summed E-state index contributed by atoms with van der Waals surface area (Å²) < 4.78 is 27.3. The maximum absolute atomic E-state index is 11.9. The van der Waals surface area contributed by atoms with Gasteiger partial charge in [-0.25, -0.2) is 13.1 Å². The van der Waals surface area contributed by atoms with Crippen LogP contribution in [0, 0.1) is 6.92 Å². The number of anilines is 1. The van der Waals surface area contributed by atoms with Gasteiger partial charge in [0, 0.05) is 20.8 Å². The standard InChI is InChI=1S/C13H15BrN2O2S2/c1-9-11(14)7-10(19-9)8-16-12-5-3-4-6-13(12)20(17,18)15-2/h3-7,15-16H,8H2,1-2H3. The molecule has 1 aromatic heterocycles. The van der Waals surface area contributed by atoms with Crippen LogP contribution in [0.25, 0.3) is 0 Å². The van der Waals surface area contributed by atoms with Gasteiger partial charge >= 0.3 is 0 Å². The maximum Gasteiger partial charge on any atom is 0.242 e. The van der Waals surface area contributed by atoms with Crippen molar-refractivity contribution in [3.05, 3.63) is 44.6 Å². The van der Waals surface area contributed by atoms with E-state index in [2.05, 4.69) is 26.0 Å². The maximum atomic E-state index is 11.9. The third-order valence-corrected chi connectivity index (χ3v) is 6.42. The summed E-state index contributed by atoms with van der Waals surface area (Å²) in [5.74, 6) is 0. The molecule has 0 radical (unpaired) electrons. The molecule has 0 amide bonds. The SMILES string of the molecule is CNS(=O)(=O)c1ccccc1NCc1cc(Br)c(C)s1. The lowest BCUT2D eigenvalue weighted by atomic mass is 10.3. The molecule has 7 heteroatoms. The molecule has 2 aromatic rings. The molecule has 0 aliphatic carbocycles. The Morgan fingerprint density at radius 3 is 2.60 bits per heavy atom. The van der Waals surface area contributed by atoms with Gasteiger partial charge in [-0.15, -0.1) is 11.3 Å². The molecular formula is C13H15BrN2O2S2. The van der Waals surface area contributed by atoms with Crippen LogP contribution in [0.1, 0.15) is 9.75 Å². The molecule has 2 N–H and O–H groups in total. The molecule has 0 fully saturated rings. The molecule has 0 bridgehead atoms. The Labute approximate surface area is 131 Å². The first-order chi connectivity index (χ1) is 9.44. The number of para-hydroxylation sites is 1. The average molecular weight is 375 g/mol. The molecule has 0 aliphatic heterocycles. The van der Waals surface area contributed by atoms with Gasteiger partial charge < -0.3 is 5.32 Å². The van der Waals surface area contributed by atoms with E-state index < -0.39 is 10.0 Å². The van der Waals surface area contributed by atoms with Crippen molar-refractivity contribution in [3.8, 4) is 0 Å². The summed E-state index contributed by atoms with van der Waals surface area (Å²) in [7, 11) is -2.05. The minimum atomic E-state index is -3.45. The molecule has 0 spiro atoms. The van der Waals surface area contributed by atoms with Crippen molar-refractivity contribution >= 4 is 43.0 Å². The van der Waals surface area contributed by atoms with E-state index in [0.29, 0.717) is 12.2 Å². The van der Waals surface area contributed by atoms with Crippen LogP contribution >= 0.6 is 27.3 Å². The van der Waals surface area contributed by atoms with Crippen LogP contribution in [0.2, 0.25) is 0 Å². The Hall–Kier alpha value is -0.890. The summed E-state index contributed by atoms with van der Waals surface area (Å²) in [4.78, 5) is 2.61. The molecule has 1 heterocycles. The molecule has 0 aliphatic rings. The Kier molecular flexibility index (Phi) is 4.85. The number of thiophene rings is 1. The van der Waals surface area contributed by atoms with Crippen molar-refractivity contribution in [2.75, 3.05) is 12.4 Å². The lowest BCUT2D eigenvalue weighted by Gasteiger charge is -2.11. The molecule has 0 unspecified atom stereocenters. The fraction of sp³-hybridized carbons (Fsp3) is 0.231. The van der Waals surface area contributed by atoms with Crippen molar-refractivity contribution in [2.24, 2.45) is 0 Å². The smallest absolute Gasteiger partial charge is 0.242 e. The van der Waals surface area contributed by atoms with Crippen LogP contribution in [0.4, 0.5) is 5.69 Å². The van der Waals surface area contributed by atoms with Gasteiger partial charge in [-0.1, -0.05) is 12.1 Å². The van der Waals surface area contributed by atoms with Gasteiger partial charge in [0.25, 0.3) is 0 Å². The third kappa shape index (κ3) is 3.41. The molecule has 4 nitrogen and oxygen atoms in total. The number of nitrogens with one attached hydrogen (secondary N) is 2. The van der Waals surface area contributed by atoms with E-state index in [4.69, 9.17) is 0 Å². The summed E-state index contributed by atoms with van der Waals surface area (Å²) in [6.07, 6.45) is 0. The fourth-order valence-electron chi connectivity index (χ4n) is 1.74. The zero-order valence-electron chi connectivity index (χ0n) is 11.1. The van der Waals surface area contributed by atoms with Crippen molar-refractivity contribution in [1.29, 1.82) is 0 Å². The minimum Gasteiger partial charge on any atom is -0.379 e. The van der Waals surface area contributed by atoms with E-state index in [1.165, 1.54) is 11.9 Å². The zero-order chi connectivity index (χ0) is 14.8. The highest BCUT2D eigenvalue weighted by molar-refractivity contribution is 9.10. The van der Waals surface area contributed by atoms with Crippen LogP contribution in [0.15, 0.2) is 39.7 Å². The predicted octanol–water partition coefficient (Wildman–Crippen LogP) is 3.34. The topological polar surface area (TPSA) is 58.2 Å². The molecular weight excluding hydrogens is 360 g/mol. The summed E-state index contributed by atoms with van der Waals surface area (Å²) in [5.41, 5.74) is 0.601. The van der Waals surface area contributed by atoms with Crippen molar-refractivity contribution in [2.45, 2.75) is 18.4 Å². The number of hydrogen-bond acceptors (Lipinski definition) is 4. The van der Waals surface area contributed by atoms with Gasteiger partial charge in [-0.05, 0) is 48.1 Å². The zero-order valence-corrected chi connectivity index (χ0v) is 14.3. The van der Waals surface area contributed by atoms with Gasteiger partial charge in [0.2, 0.25) is 10.0 Å². The molecule has 108 valence electrons. The molecule has 0 atom stereocenters. The quantitative estimate of drug-likeness (QED) is 0.843. The number of rotatable bonds is 5. The second-order valence-electron chi connectivity index (χ2n) is 4.17. The van der Waals surface area contributed by atoms with E-state index in [-0.39, 0.29) is 4.90 Å². The van der Waals surface area contributed by atoms with E-state index in [1.54, 1.807) is 29.5 Å². The van der Waals surface area contributed by atoms with Crippen molar-refractivity contribution in [1.82, 2.24) is 4.72 Å². The number of halogens is 1. The van der Waals surface area contributed by atoms with Gasteiger partial charge in [-0.3, -0.25) is 0 Å². The first kappa shape index (κ1) is 15.5. The highest BCUT2D eigenvalue weighted by Gasteiger charge is 2.15. The van der Waals surface area contributed by atoms with E-state index >= 15 is 0 Å². The first-order valence-electron chi connectivity index (χ1n) is 5.95. The van der Waals surface area contributed by atoms with Crippen LogP contribution in [-0.2, 0) is 16.6 Å². The largest absolute Gasteiger partial charge is 0.379 e. The van der Waals surface area contributed by atoms with E-state index in [1.807, 2.05) is 19.1 Å². The lowest BCUT2D eigenvalue weighted by molar-refractivity contribution is 0.588. The summed E-state index contributed by atoms with van der Waals surface area (Å²) in [6.45, 7) is 2.63. The lowest BCUT2D eigenvalue weighted by Crippen LogP contribution is -2.20. The highest BCUT2D eigenvalue weighted by atomic mass is 79.9. The first-order valence-corrected chi connectivity index (χ1v) is 9.04. The minimum absolute atomic E-state index is 0.259. The van der Waals surface area contributed by atoms with Crippen LogP contribution < -0.4 is 10.0 Å². The fourth-order valence-corrected chi connectivity index (χ4v) is 4.19. The van der Waals surface area contributed by atoms with Crippen molar-refractivity contribution in [3.63, 3.8) is 0 Å². The van der Waals surface area contributed by atoms with Crippen LogP contribution in [-0.4, -0.2) is 15.5 Å². The van der Waals surface area contributed by atoms with E-state index in [0.717, 1.165) is 9.35 Å². The number of sulfonamides is 1. The summed E-state index contributed by atoms with van der Waals surface area (Å²) in [6, 6.07) is 8.92. The Balaban J connectivity index is 2.22. The van der Waals surface area contributed by atoms with Crippen LogP contribution in [0.5, 0.6) is 0 Å².